The van der Waals surface area contributed by atoms with Crippen molar-refractivity contribution in [3.63, 3.8) is 0 Å². The average molecular weight is 101 g/mol. The SMILES string of the molecule is C1CNCCO[N]1. The second kappa shape index (κ2) is 2.96. The highest BCUT2D eigenvalue weighted by Gasteiger charge is 1.94. The number of rotatable bonds is 0. The number of hydrogen-bond donors (Lipinski definition) is 1. The summed E-state index contributed by atoms with van der Waals surface area (Å²) in [5.74, 6) is 0. The summed E-state index contributed by atoms with van der Waals surface area (Å²) >= 11 is 0. The van der Waals surface area contributed by atoms with Crippen molar-refractivity contribution in [1.82, 2.24) is 10.8 Å². The van der Waals surface area contributed by atoms with Crippen molar-refractivity contribution < 1.29 is 4.84 Å². The summed E-state index contributed by atoms with van der Waals surface area (Å²) in [5.41, 5.74) is 3.71. The van der Waals surface area contributed by atoms with E-state index in [0.29, 0.717) is 0 Å². The molecule has 0 bridgehead atoms. The Bertz CT molecular complexity index is 29.3. The molecule has 0 spiro atoms. The minimum absolute atomic E-state index is 0.722. The molecule has 41 valence electrons. The molecular formula is C4H9N2O. The summed E-state index contributed by atoms with van der Waals surface area (Å²) in [5, 5.41) is 3.13. The van der Waals surface area contributed by atoms with Crippen LogP contribution in [0.2, 0.25) is 0 Å². The lowest BCUT2D eigenvalue weighted by molar-refractivity contribution is 0.0501. The monoisotopic (exact) mass is 101 g/mol. The molecule has 1 radical (unpaired) electrons. The van der Waals surface area contributed by atoms with E-state index in [1.165, 1.54) is 0 Å². The maximum Gasteiger partial charge on any atom is 0.0827 e. The van der Waals surface area contributed by atoms with Crippen LogP contribution in [0.3, 0.4) is 0 Å². The van der Waals surface area contributed by atoms with E-state index in [2.05, 4.69) is 10.8 Å². The van der Waals surface area contributed by atoms with E-state index >= 15 is 0 Å². The van der Waals surface area contributed by atoms with Crippen molar-refractivity contribution in [3.8, 4) is 0 Å². The molecule has 1 aliphatic heterocycles. The van der Waals surface area contributed by atoms with Crippen molar-refractivity contribution in [1.29, 1.82) is 0 Å². The van der Waals surface area contributed by atoms with Crippen LogP contribution < -0.4 is 10.8 Å². The van der Waals surface area contributed by atoms with E-state index in [4.69, 9.17) is 4.84 Å². The van der Waals surface area contributed by atoms with Crippen LogP contribution in [0.5, 0.6) is 0 Å². The highest BCUT2D eigenvalue weighted by Crippen LogP contribution is 1.73. The molecule has 1 heterocycles. The van der Waals surface area contributed by atoms with Crippen LogP contribution in [0, 0.1) is 0 Å². The minimum Gasteiger partial charge on any atom is -0.313 e. The third kappa shape index (κ3) is 1.87. The fourth-order valence-electron chi connectivity index (χ4n) is 0.497. The van der Waals surface area contributed by atoms with Crippen molar-refractivity contribution in [2.75, 3.05) is 26.2 Å². The highest BCUT2D eigenvalue weighted by molar-refractivity contribution is 4.48. The van der Waals surface area contributed by atoms with Gasteiger partial charge in [-0.15, -0.1) is 0 Å². The third-order valence-corrected chi connectivity index (χ3v) is 0.841. The molecule has 0 atom stereocenters. The molecule has 1 rings (SSSR count). The topological polar surface area (TPSA) is 35.4 Å². The zero-order valence-electron chi connectivity index (χ0n) is 4.18. The summed E-state index contributed by atoms with van der Waals surface area (Å²) in [6, 6.07) is 0. The van der Waals surface area contributed by atoms with Crippen LogP contribution in [-0.4, -0.2) is 26.2 Å². The van der Waals surface area contributed by atoms with Crippen LogP contribution in [0.4, 0.5) is 0 Å². The predicted octanol–water partition coefficient (Wildman–Crippen LogP) is -0.874. The van der Waals surface area contributed by atoms with E-state index in [9.17, 15) is 0 Å². The fourth-order valence-corrected chi connectivity index (χ4v) is 0.497. The third-order valence-electron chi connectivity index (χ3n) is 0.841. The van der Waals surface area contributed by atoms with E-state index in [-0.39, 0.29) is 0 Å². The molecule has 0 amide bonds. The van der Waals surface area contributed by atoms with Gasteiger partial charge < -0.3 is 5.32 Å². The Morgan fingerprint density at radius 2 is 2.43 bits per heavy atom. The Morgan fingerprint density at radius 1 is 1.43 bits per heavy atom. The molecule has 0 aromatic carbocycles. The van der Waals surface area contributed by atoms with Crippen molar-refractivity contribution in [2.24, 2.45) is 0 Å². The van der Waals surface area contributed by atoms with Crippen LogP contribution in [-0.2, 0) is 4.84 Å². The van der Waals surface area contributed by atoms with E-state index < -0.39 is 0 Å². The van der Waals surface area contributed by atoms with Gasteiger partial charge in [0, 0.05) is 13.1 Å². The summed E-state index contributed by atoms with van der Waals surface area (Å²) in [6.45, 7) is 3.41. The Labute approximate surface area is 43.0 Å². The van der Waals surface area contributed by atoms with Gasteiger partial charge in [0.2, 0.25) is 0 Å². The van der Waals surface area contributed by atoms with Gasteiger partial charge in [0.25, 0.3) is 0 Å². The van der Waals surface area contributed by atoms with Gasteiger partial charge in [-0.25, -0.2) is 0 Å². The fraction of sp³-hybridized carbons (Fsp3) is 1.00. The standard InChI is InChI=1S/C4H9N2O/c1-2-6-7-4-3-5-1/h5H,1-4H2. The van der Waals surface area contributed by atoms with E-state index in [0.717, 1.165) is 26.2 Å². The summed E-state index contributed by atoms with van der Waals surface area (Å²) in [4.78, 5) is 4.76. The van der Waals surface area contributed by atoms with Gasteiger partial charge in [0.1, 0.15) is 0 Å². The van der Waals surface area contributed by atoms with Gasteiger partial charge >= 0.3 is 0 Å². The average Bonchev–Trinajstić information content (AvgIpc) is 1.90. The lowest BCUT2D eigenvalue weighted by atomic mass is 10.6. The number of hydroxylamine groups is 1. The second-order valence-corrected chi connectivity index (χ2v) is 1.44. The van der Waals surface area contributed by atoms with Crippen LogP contribution in [0.25, 0.3) is 0 Å². The maximum atomic E-state index is 4.76. The molecular weight excluding hydrogens is 92.1 g/mol. The van der Waals surface area contributed by atoms with Gasteiger partial charge in [0.15, 0.2) is 0 Å². The normalized spacial score (nSPS) is 24.0. The van der Waals surface area contributed by atoms with Crippen LogP contribution >= 0.6 is 0 Å². The molecule has 3 nitrogen and oxygen atoms in total. The predicted molar refractivity (Wildman–Crippen MR) is 25.8 cm³/mol. The molecule has 1 N–H and O–H groups in total. The van der Waals surface area contributed by atoms with Gasteiger partial charge in [-0.3, -0.25) is 4.84 Å². The van der Waals surface area contributed by atoms with Crippen molar-refractivity contribution in [3.05, 3.63) is 0 Å². The van der Waals surface area contributed by atoms with Crippen LogP contribution in [0.1, 0.15) is 0 Å². The molecule has 0 aliphatic carbocycles. The smallest absolute Gasteiger partial charge is 0.0827 e. The largest absolute Gasteiger partial charge is 0.313 e. The second-order valence-electron chi connectivity index (χ2n) is 1.44. The first kappa shape index (κ1) is 5.03. The molecule has 0 unspecified atom stereocenters. The summed E-state index contributed by atoms with van der Waals surface area (Å²) in [6.07, 6.45) is 0. The van der Waals surface area contributed by atoms with Crippen molar-refractivity contribution in [2.45, 2.75) is 0 Å². The first-order valence-electron chi connectivity index (χ1n) is 2.49. The Balaban J connectivity index is 2.04. The quantitative estimate of drug-likeness (QED) is 0.430. The molecule has 1 fully saturated rings. The Kier molecular flexibility index (Phi) is 2.12. The molecule has 1 saturated heterocycles. The van der Waals surface area contributed by atoms with Crippen molar-refractivity contribution >= 4 is 0 Å². The van der Waals surface area contributed by atoms with E-state index in [1.54, 1.807) is 0 Å². The van der Waals surface area contributed by atoms with Crippen LogP contribution in [0.15, 0.2) is 0 Å². The number of hydrogen-bond acceptors (Lipinski definition) is 2. The summed E-state index contributed by atoms with van der Waals surface area (Å²) < 4.78 is 0. The molecule has 3 heteroatoms. The molecule has 7 heavy (non-hydrogen) atoms. The zero-order valence-corrected chi connectivity index (χ0v) is 4.18. The molecule has 0 aromatic heterocycles. The Hall–Kier alpha value is -0.120. The Morgan fingerprint density at radius 3 is 3.43 bits per heavy atom. The maximum absolute atomic E-state index is 4.76. The van der Waals surface area contributed by atoms with Gasteiger partial charge in [-0.2, -0.15) is 0 Å². The minimum atomic E-state index is 0.722. The summed E-state index contributed by atoms with van der Waals surface area (Å²) in [7, 11) is 0. The number of nitrogens with zero attached hydrogens (tertiary/aromatic N) is 1. The first-order chi connectivity index (χ1) is 3.50. The molecule has 0 saturated carbocycles. The van der Waals surface area contributed by atoms with Gasteiger partial charge in [-0.1, -0.05) is 5.48 Å². The first-order valence-corrected chi connectivity index (χ1v) is 2.49. The lowest BCUT2D eigenvalue weighted by Gasteiger charge is -1.89. The zero-order chi connectivity index (χ0) is 4.95. The lowest BCUT2D eigenvalue weighted by Crippen LogP contribution is -2.18. The van der Waals surface area contributed by atoms with Gasteiger partial charge in [0.05, 0.1) is 13.2 Å². The van der Waals surface area contributed by atoms with E-state index in [1.807, 2.05) is 0 Å². The number of nitrogens with one attached hydrogen (secondary N) is 1. The van der Waals surface area contributed by atoms with Gasteiger partial charge in [-0.05, 0) is 0 Å². The molecule has 1 aliphatic rings. The molecule has 0 aromatic rings. The highest BCUT2D eigenvalue weighted by atomic mass is 16.6.